The van der Waals surface area contributed by atoms with Crippen LogP contribution in [0.5, 0.6) is 0 Å². The number of hydrogen-bond donors (Lipinski definition) is 2. The number of nitrogens with one attached hydrogen (secondary N) is 1. The number of carbonyl (C=O) groups excluding carboxylic acids is 2. The van der Waals surface area contributed by atoms with Crippen LogP contribution in [-0.2, 0) is 4.79 Å². The van der Waals surface area contributed by atoms with E-state index >= 15 is 0 Å². The molecule has 8 nitrogen and oxygen atoms in total. The number of hydrazine groups is 1. The van der Waals surface area contributed by atoms with Crippen LogP contribution in [0.1, 0.15) is 22.0 Å². The molecule has 1 fully saturated rings. The highest BCUT2D eigenvalue weighted by atomic mass is 35.5. The number of nitro groups is 1. The van der Waals surface area contributed by atoms with E-state index in [4.69, 9.17) is 17.3 Å². The second-order valence-corrected chi connectivity index (χ2v) is 5.94. The van der Waals surface area contributed by atoms with Crippen molar-refractivity contribution in [2.45, 2.75) is 11.4 Å². The fourth-order valence-corrected chi connectivity index (χ4v) is 2.86. The Balaban J connectivity index is 1.78. The van der Waals surface area contributed by atoms with E-state index in [-0.39, 0.29) is 5.69 Å². The van der Waals surface area contributed by atoms with Crippen molar-refractivity contribution in [2.24, 2.45) is 0 Å². The minimum atomic E-state index is -0.854. The molecule has 0 aromatic heterocycles. The number of benzene rings is 2. The third-order valence-corrected chi connectivity index (χ3v) is 4.29. The Kier molecular flexibility index (Phi) is 4.28. The zero-order valence-corrected chi connectivity index (χ0v) is 13.5. The highest BCUT2D eigenvalue weighted by molar-refractivity contribution is 6.33. The molecule has 0 bridgehead atoms. The highest BCUT2D eigenvalue weighted by Gasteiger charge is 2.48. The standard InChI is InChI=1S/C16H13ClN4O4/c17-13-14(9-3-7-12(8-4-9)21(24)25)20(16(13)23)19-15(22)10-1-5-11(18)6-2-10/h1-8,13-14H,18H2,(H,19,22)/t13-,14-/m0/s1. The number of carbonyl (C=O) groups is 2. The van der Waals surface area contributed by atoms with Gasteiger partial charge in [0.25, 0.3) is 17.5 Å². The van der Waals surface area contributed by atoms with E-state index in [1.54, 1.807) is 12.1 Å². The molecule has 25 heavy (non-hydrogen) atoms. The van der Waals surface area contributed by atoms with E-state index in [9.17, 15) is 19.7 Å². The van der Waals surface area contributed by atoms with E-state index in [2.05, 4.69) is 5.43 Å². The molecular weight excluding hydrogens is 348 g/mol. The fraction of sp³-hybridized carbons (Fsp3) is 0.125. The Labute approximate surface area is 147 Å². The SMILES string of the molecule is Nc1ccc(C(=O)NN2C(=O)[C@@H](Cl)[C@@H]2c2ccc([N+](=O)[O-])cc2)cc1. The molecule has 1 aliphatic heterocycles. The Bertz CT molecular complexity index is 838. The summed E-state index contributed by atoms with van der Waals surface area (Å²) in [7, 11) is 0. The summed E-state index contributed by atoms with van der Waals surface area (Å²) in [5, 5.41) is 11.0. The number of rotatable bonds is 4. The molecule has 0 spiro atoms. The van der Waals surface area contributed by atoms with Crippen LogP contribution in [0.3, 0.4) is 0 Å². The van der Waals surface area contributed by atoms with Crippen LogP contribution < -0.4 is 11.2 Å². The molecule has 0 saturated carbocycles. The first kappa shape index (κ1) is 16.7. The van der Waals surface area contributed by atoms with E-state index in [1.165, 1.54) is 36.4 Å². The lowest BCUT2D eigenvalue weighted by Crippen LogP contribution is -2.63. The quantitative estimate of drug-likeness (QED) is 0.284. The van der Waals surface area contributed by atoms with Crippen LogP contribution in [0.2, 0.25) is 0 Å². The average molecular weight is 361 g/mol. The number of nitrogens with two attached hydrogens (primary N) is 1. The molecule has 0 unspecified atom stereocenters. The van der Waals surface area contributed by atoms with Gasteiger partial charge < -0.3 is 5.73 Å². The van der Waals surface area contributed by atoms with Crippen molar-refractivity contribution < 1.29 is 14.5 Å². The second kappa shape index (κ2) is 6.40. The van der Waals surface area contributed by atoms with Gasteiger partial charge in [-0.15, -0.1) is 11.6 Å². The fourth-order valence-electron chi connectivity index (χ4n) is 2.50. The average Bonchev–Trinajstić information content (AvgIpc) is 2.61. The van der Waals surface area contributed by atoms with Crippen LogP contribution in [-0.4, -0.2) is 27.1 Å². The second-order valence-electron chi connectivity index (χ2n) is 5.47. The number of alkyl halides is 1. The normalized spacial score (nSPS) is 19.2. The van der Waals surface area contributed by atoms with Gasteiger partial charge in [-0.3, -0.25) is 25.1 Å². The van der Waals surface area contributed by atoms with Gasteiger partial charge in [0.1, 0.15) is 11.4 Å². The first-order valence-corrected chi connectivity index (χ1v) is 7.70. The molecule has 2 aromatic rings. The smallest absolute Gasteiger partial charge is 0.269 e. The molecule has 0 aliphatic carbocycles. The van der Waals surface area contributed by atoms with Gasteiger partial charge in [0.15, 0.2) is 0 Å². The summed E-state index contributed by atoms with van der Waals surface area (Å²) < 4.78 is 0. The van der Waals surface area contributed by atoms with Gasteiger partial charge in [0, 0.05) is 23.4 Å². The first-order valence-electron chi connectivity index (χ1n) is 7.26. The zero-order chi connectivity index (χ0) is 18.1. The Morgan fingerprint density at radius 1 is 1.16 bits per heavy atom. The maximum atomic E-state index is 12.3. The van der Waals surface area contributed by atoms with Gasteiger partial charge in [-0.2, -0.15) is 0 Å². The summed E-state index contributed by atoms with van der Waals surface area (Å²) >= 11 is 6.05. The van der Waals surface area contributed by atoms with Crippen molar-refractivity contribution in [3.63, 3.8) is 0 Å². The molecule has 1 aliphatic rings. The van der Waals surface area contributed by atoms with Crippen molar-refractivity contribution in [3.05, 3.63) is 69.8 Å². The number of nitrogens with zero attached hydrogens (tertiary/aromatic N) is 2. The highest BCUT2D eigenvalue weighted by Crippen LogP contribution is 2.37. The number of non-ortho nitro benzene ring substituents is 1. The van der Waals surface area contributed by atoms with Crippen molar-refractivity contribution in [3.8, 4) is 0 Å². The van der Waals surface area contributed by atoms with Crippen LogP contribution in [0.25, 0.3) is 0 Å². The Hall–Kier alpha value is -3.13. The van der Waals surface area contributed by atoms with E-state index in [1.807, 2.05) is 0 Å². The monoisotopic (exact) mass is 360 g/mol. The summed E-state index contributed by atoms with van der Waals surface area (Å²) in [6.45, 7) is 0. The lowest BCUT2D eigenvalue weighted by molar-refractivity contribution is -0.384. The number of amides is 2. The molecule has 2 atom stereocenters. The molecule has 3 N–H and O–H groups in total. The van der Waals surface area contributed by atoms with Gasteiger partial charge >= 0.3 is 0 Å². The molecular formula is C16H13ClN4O4. The number of nitrogen functional groups attached to an aromatic ring is 1. The molecule has 0 radical (unpaired) electrons. The Morgan fingerprint density at radius 2 is 1.76 bits per heavy atom. The van der Waals surface area contributed by atoms with E-state index in [0.717, 1.165) is 5.01 Å². The maximum Gasteiger partial charge on any atom is 0.269 e. The van der Waals surface area contributed by atoms with Gasteiger partial charge in [-0.1, -0.05) is 0 Å². The minimum Gasteiger partial charge on any atom is -0.399 e. The minimum absolute atomic E-state index is 0.0713. The van der Waals surface area contributed by atoms with Crippen molar-refractivity contribution in [1.29, 1.82) is 0 Å². The molecule has 128 valence electrons. The van der Waals surface area contributed by atoms with Gasteiger partial charge in [-0.05, 0) is 42.0 Å². The number of halogens is 1. The van der Waals surface area contributed by atoms with Gasteiger partial charge in [0.05, 0.1) is 4.92 Å². The molecule has 2 amide bonds. The molecule has 3 rings (SSSR count). The number of nitro benzene ring substituents is 1. The lowest BCUT2D eigenvalue weighted by atomic mass is 9.95. The maximum absolute atomic E-state index is 12.3. The van der Waals surface area contributed by atoms with Crippen LogP contribution in [0.4, 0.5) is 11.4 Å². The number of anilines is 1. The van der Waals surface area contributed by atoms with Crippen LogP contribution in [0.15, 0.2) is 48.5 Å². The number of hydrogen-bond acceptors (Lipinski definition) is 5. The summed E-state index contributed by atoms with van der Waals surface area (Å²) in [4.78, 5) is 34.4. The molecule has 1 heterocycles. The zero-order valence-electron chi connectivity index (χ0n) is 12.8. The summed E-state index contributed by atoms with van der Waals surface area (Å²) in [6, 6.07) is 11.3. The van der Waals surface area contributed by atoms with Gasteiger partial charge in [0.2, 0.25) is 0 Å². The predicted octanol–water partition coefficient (Wildman–Crippen LogP) is 2.01. The largest absolute Gasteiger partial charge is 0.399 e. The van der Waals surface area contributed by atoms with E-state index in [0.29, 0.717) is 16.8 Å². The first-order chi connectivity index (χ1) is 11.9. The predicted molar refractivity (Wildman–Crippen MR) is 90.6 cm³/mol. The van der Waals surface area contributed by atoms with Crippen molar-refractivity contribution >= 4 is 34.8 Å². The topological polar surface area (TPSA) is 119 Å². The number of β-lactam (4-membered cyclic amide) rings is 1. The third-order valence-electron chi connectivity index (χ3n) is 3.87. The third kappa shape index (κ3) is 3.11. The lowest BCUT2D eigenvalue weighted by Gasteiger charge is -2.43. The van der Waals surface area contributed by atoms with Crippen molar-refractivity contribution in [2.75, 3.05) is 5.73 Å². The van der Waals surface area contributed by atoms with Gasteiger partial charge in [-0.25, -0.2) is 5.01 Å². The summed E-state index contributed by atoms with van der Waals surface area (Å²) in [6.07, 6.45) is 0. The van der Waals surface area contributed by atoms with Crippen LogP contribution in [0, 0.1) is 10.1 Å². The Morgan fingerprint density at radius 3 is 2.32 bits per heavy atom. The summed E-state index contributed by atoms with van der Waals surface area (Å²) in [5.74, 6) is -0.933. The molecule has 1 saturated heterocycles. The van der Waals surface area contributed by atoms with Crippen molar-refractivity contribution in [1.82, 2.24) is 10.4 Å². The van der Waals surface area contributed by atoms with E-state index < -0.39 is 28.2 Å². The molecule has 9 heteroatoms. The summed E-state index contributed by atoms with van der Waals surface area (Å²) in [5.41, 5.74) is 9.44. The van der Waals surface area contributed by atoms with Crippen LogP contribution >= 0.6 is 11.6 Å². The molecule has 2 aromatic carbocycles.